The van der Waals surface area contributed by atoms with Crippen LogP contribution in [0.25, 0.3) is 0 Å². The SMILES string of the molecule is Cc1ccc(S(=O)(=O)OCCC#Cc2ccc(B(O)O)cc2)cc1. The molecule has 0 spiro atoms. The molecule has 0 saturated heterocycles. The highest BCUT2D eigenvalue weighted by Gasteiger charge is 2.14. The van der Waals surface area contributed by atoms with Gasteiger partial charge in [0, 0.05) is 12.0 Å². The summed E-state index contributed by atoms with van der Waals surface area (Å²) in [5.74, 6) is 5.68. The van der Waals surface area contributed by atoms with E-state index in [-0.39, 0.29) is 17.9 Å². The highest BCUT2D eigenvalue weighted by molar-refractivity contribution is 7.86. The van der Waals surface area contributed by atoms with Crippen LogP contribution in [0.5, 0.6) is 0 Å². The fourth-order valence-electron chi connectivity index (χ4n) is 1.88. The van der Waals surface area contributed by atoms with Gasteiger partial charge in [-0.05, 0) is 36.7 Å². The number of aryl methyl sites for hydroxylation is 1. The Balaban J connectivity index is 1.87. The summed E-state index contributed by atoms with van der Waals surface area (Å²) in [7, 11) is -5.27. The van der Waals surface area contributed by atoms with Gasteiger partial charge in [0.1, 0.15) is 0 Å². The molecule has 0 atom stereocenters. The van der Waals surface area contributed by atoms with Crippen molar-refractivity contribution in [3.8, 4) is 11.8 Å². The molecule has 2 N–H and O–H groups in total. The third-order valence-corrected chi connectivity index (χ3v) is 4.54. The summed E-state index contributed by atoms with van der Waals surface area (Å²) in [6, 6.07) is 12.9. The van der Waals surface area contributed by atoms with Crippen molar-refractivity contribution in [2.24, 2.45) is 0 Å². The van der Waals surface area contributed by atoms with Gasteiger partial charge in [-0.2, -0.15) is 8.42 Å². The molecule has 0 aliphatic heterocycles. The quantitative estimate of drug-likeness (QED) is 0.363. The average Bonchev–Trinajstić information content (AvgIpc) is 2.55. The van der Waals surface area contributed by atoms with E-state index in [0.717, 1.165) is 5.56 Å². The molecular formula is C17H17BO5S. The first-order valence-electron chi connectivity index (χ1n) is 7.29. The smallest absolute Gasteiger partial charge is 0.423 e. The minimum atomic E-state index is -3.76. The van der Waals surface area contributed by atoms with Crippen molar-refractivity contribution in [1.29, 1.82) is 0 Å². The first-order valence-corrected chi connectivity index (χ1v) is 8.70. The molecule has 0 radical (unpaired) electrons. The second-order valence-electron chi connectivity index (χ2n) is 5.14. The summed E-state index contributed by atoms with van der Waals surface area (Å²) in [6.07, 6.45) is 0.259. The van der Waals surface area contributed by atoms with E-state index < -0.39 is 17.2 Å². The van der Waals surface area contributed by atoms with E-state index in [9.17, 15) is 8.42 Å². The van der Waals surface area contributed by atoms with Crippen LogP contribution in [0.2, 0.25) is 0 Å². The molecule has 0 aromatic heterocycles. The predicted molar refractivity (Wildman–Crippen MR) is 92.1 cm³/mol. The molecule has 0 aliphatic carbocycles. The Morgan fingerprint density at radius 1 is 1.04 bits per heavy atom. The van der Waals surface area contributed by atoms with Crippen molar-refractivity contribution >= 4 is 22.7 Å². The number of hydrogen-bond donors (Lipinski definition) is 2. The van der Waals surface area contributed by atoms with Gasteiger partial charge >= 0.3 is 7.12 Å². The van der Waals surface area contributed by atoms with E-state index in [4.69, 9.17) is 14.2 Å². The largest absolute Gasteiger partial charge is 0.488 e. The Labute approximate surface area is 142 Å². The maximum Gasteiger partial charge on any atom is 0.488 e. The molecule has 7 heteroatoms. The molecule has 2 aromatic carbocycles. The zero-order chi connectivity index (χ0) is 17.6. The Morgan fingerprint density at radius 3 is 2.25 bits per heavy atom. The van der Waals surface area contributed by atoms with Crippen molar-refractivity contribution in [3.05, 3.63) is 59.7 Å². The van der Waals surface area contributed by atoms with Crippen LogP contribution < -0.4 is 5.46 Å². The Morgan fingerprint density at radius 2 is 1.67 bits per heavy atom. The molecule has 2 rings (SSSR count). The van der Waals surface area contributed by atoms with E-state index in [1.165, 1.54) is 12.1 Å². The maximum absolute atomic E-state index is 12.0. The molecule has 2 aromatic rings. The lowest BCUT2D eigenvalue weighted by Crippen LogP contribution is -2.29. The average molecular weight is 344 g/mol. The Kier molecular flexibility index (Phi) is 6.18. The fourth-order valence-corrected chi connectivity index (χ4v) is 2.79. The molecule has 5 nitrogen and oxygen atoms in total. The van der Waals surface area contributed by atoms with Crippen LogP contribution in [0.15, 0.2) is 53.4 Å². The van der Waals surface area contributed by atoms with Crippen LogP contribution in [0.3, 0.4) is 0 Å². The van der Waals surface area contributed by atoms with Crippen molar-refractivity contribution in [1.82, 2.24) is 0 Å². The van der Waals surface area contributed by atoms with E-state index in [1.54, 1.807) is 36.4 Å². The summed E-state index contributed by atoms with van der Waals surface area (Å²) < 4.78 is 28.9. The van der Waals surface area contributed by atoms with Crippen LogP contribution in [0.4, 0.5) is 0 Å². The van der Waals surface area contributed by atoms with Gasteiger partial charge in [-0.1, -0.05) is 41.7 Å². The van der Waals surface area contributed by atoms with Gasteiger partial charge in [0.15, 0.2) is 0 Å². The summed E-state index contributed by atoms with van der Waals surface area (Å²) >= 11 is 0. The molecule has 0 bridgehead atoms. The highest BCUT2D eigenvalue weighted by atomic mass is 32.2. The van der Waals surface area contributed by atoms with Gasteiger partial charge in [-0.3, -0.25) is 4.18 Å². The van der Waals surface area contributed by atoms with Gasteiger partial charge in [0.25, 0.3) is 10.1 Å². The predicted octanol–water partition coefficient (Wildman–Crippen LogP) is 0.822. The molecule has 0 amide bonds. The molecule has 124 valence electrons. The highest BCUT2D eigenvalue weighted by Crippen LogP contribution is 2.13. The van der Waals surface area contributed by atoms with Gasteiger partial charge in [-0.15, -0.1) is 0 Å². The molecule has 24 heavy (non-hydrogen) atoms. The summed E-state index contributed by atoms with van der Waals surface area (Å²) in [5, 5.41) is 18.0. The molecule has 0 unspecified atom stereocenters. The van der Waals surface area contributed by atoms with E-state index in [0.29, 0.717) is 11.0 Å². The van der Waals surface area contributed by atoms with Crippen molar-refractivity contribution in [2.45, 2.75) is 18.2 Å². The monoisotopic (exact) mass is 344 g/mol. The topological polar surface area (TPSA) is 83.8 Å². The van der Waals surface area contributed by atoms with Crippen LogP contribution >= 0.6 is 0 Å². The third-order valence-electron chi connectivity index (χ3n) is 3.22. The number of benzene rings is 2. The van der Waals surface area contributed by atoms with Gasteiger partial charge < -0.3 is 10.0 Å². The molecule has 0 fully saturated rings. The lowest BCUT2D eigenvalue weighted by atomic mass is 9.80. The minimum Gasteiger partial charge on any atom is -0.423 e. The van der Waals surface area contributed by atoms with Crippen LogP contribution in [0, 0.1) is 18.8 Å². The third kappa shape index (κ3) is 5.22. The standard InChI is InChI=1S/C17H17BO5S/c1-14-5-11-17(12-6-14)24(21,22)23-13-3-2-4-15-7-9-16(10-8-15)18(19)20/h5-12,19-20H,3,13H2,1H3. The van der Waals surface area contributed by atoms with Gasteiger partial charge in [0.2, 0.25) is 0 Å². The molecule has 0 saturated carbocycles. The summed E-state index contributed by atoms with van der Waals surface area (Å²) in [6.45, 7) is 1.84. The Hall–Kier alpha value is -2.11. The normalized spacial score (nSPS) is 10.8. The van der Waals surface area contributed by atoms with E-state index in [2.05, 4.69) is 11.8 Å². The van der Waals surface area contributed by atoms with E-state index >= 15 is 0 Å². The zero-order valence-corrected chi connectivity index (χ0v) is 14.0. The number of rotatable bonds is 5. The second-order valence-corrected chi connectivity index (χ2v) is 6.75. The summed E-state index contributed by atoms with van der Waals surface area (Å²) in [5.41, 5.74) is 2.05. The lowest BCUT2D eigenvalue weighted by molar-refractivity contribution is 0.326. The minimum absolute atomic E-state index is 0.0311. The molecule has 0 aliphatic rings. The van der Waals surface area contributed by atoms with Crippen molar-refractivity contribution in [3.63, 3.8) is 0 Å². The lowest BCUT2D eigenvalue weighted by Gasteiger charge is -2.04. The zero-order valence-electron chi connectivity index (χ0n) is 13.1. The van der Waals surface area contributed by atoms with E-state index in [1.807, 2.05) is 6.92 Å². The van der Waals surface area contributed by atoms with Crippen LogP contribution in [-0.2, 0) is 14.3 Å². The second kappa shape index (κ2) is 8.13. The van der Waals surface area contributed by atoms with Gasteiger partial charge in [0.05, 0.1) is 11.5 Å². The number of hydrogen-bond acceptors (Lipinski definition) is 5. The van der Waals surface area contributed by atoms with Crippen molar-refractivity contribution in [2.75, 3.05) is 6.61 Å². The van der Waals surface area contributed by atoms with Crippen molar-refractivity contribution < 1.29 is 22.6 Å². The molecular weight excluding hydrogens is 327 g/mol. The Bertz CT molecular complexity index is 831. The first kappa shape index (κ1) is 18.2. The molecule has 0 heterocycles. The summed E-state index contributed by atoms with van der Waals surface area (Å²) in [4.78, 5) is 0.124. The fraction of sp³-hybridized carbons (Fsp3) is 0.176. The van der Waals surface area contributed by atoms with Crippen LogP contribution in [0.1, 0.15) is 17.5 Å². The first-order chi connectivity index (χ1) is 11.4. The van der Waals surface area contributed by atoms with Gasteiger partial charge in [-0.25, -0.2) is 0 Å². The van der Waals surface area contributed by atoms with Crippen LogP contribution in [-0.4, -0.2) is 32.2 Å². The maximum atomic E-state index is 12.0.